The Bertz CT molecular complexity index is 825. The number of rotatable bonds is 7. The quantitative estimate of drug-likeness (QED) is 0.294. The van der Waals surface area contributed by atoms with Crippen molar-refractivity contribution in [2.24, 2.45) is 5.84 Å². The fourth-order valence-electron chi connectivity index (χ4n) is 2.36. The second-order valence-corrected chi connectivity index (χ2v) is 5.31. The van der Waals surface area contributed by atoms with Crippen LogP contribution < -0.4 is 30.8 Å². The molecular weight excluding hydrogens is 350 g/mol. The minimum Gasteiger partial charge on any atom is -0.493 e. The van der Waals surface area contributed by atoms with E-state index in [2.05, 4.69) is 5.32 Å². The van der Waals surface area contributed by atoms with E-state index in [0.29, 0.717) is 17.2 Å². The predicted molar refractivity (Wildman–Crippen MR) is 100 cm³/mol. The summed E-state index contributed by atoms with van der Waals surface area (Å²) in [6.07, 6.45) is 1.51. The van der Waals surface area contributed by atoms with Gasteiger partial charge in [0.1, 0.15) is 5.70 Å². The highest BCUT2D eigenvalue weighted by molar-refractivity contribution is 6.05. The average Bonchev–Trinajstić information content (AvgIpc) is 2.71. The SMILES string of the molecule is COc1cc(C(=O)NC(=Cc2ccccc2)C(=O)NN)cc(OC)c1OC. The standard InChI is InChI=1S/C19H21N3O5/c1-25-15-10-13(11-16(26-2)17(15)27-3)18(23)21-14(19(24)22-20)9-12-7-5-4-6-8-12/h4-11H,20H2,1-3H3,(H,21,23)(H,22,24). The van der Waals surface area contributed by atoms with E-state index in [1.54, 1.807) is 12.1 Å². The highest BCUT2D eigenvalue weighted by Gasteiger charge is 2.19. The summed E-state index contributed by atoms with van der Waals surface area (Å²) in [6, 6.07) is 12.0. The number of carbonyl (C=O) groups excluding carboxylic acids is 2. The molecule has 2 aromatic rings. The molecule has 0 aliphatic heterocycles. The predicted octanol–water partition coefficient (Wildman–Crippen LogP) is 1.47. The molecule has 2 amide bonds. The number of ether oxygens (including phenoxy) is 3. The Kier molecular flexibility index (Phi) is 6.79. The number of hydrazine groups is 1. The first-order valence-electron chi connectivity index (χ1n) is 7.93. The molecule has 0 aromatic heterocycles. The summed E-state index contributed by atoms with van der Waals surface area (Å²) in [5.41, 5.74) is 2.94. The zero-order chi connectivity index (χ0) is 19.8. The summed E-state index contributed by atoms with van der Waals surface area (Å²) < 4.78 is 15.7. The lowest BCUT2D eigenvalue weighted by atomic mass is 10.1. The third-order valence-electron chi connectivity index (χ3n) is 3.66. The van der Waals surface area contributed by atoms with E-state index < -0.39 is 11.8 Å². The van der Waals surface area contributed by atoms with E-state index in [1.807, 2.05) is 23.6 Å². The molecule has 0 aliphatic rings. The van der Waals surface area contributed by atoms with Gasteiger partial charge in [-0.2, -0.15) is 0 Å². The van der Waals surface area contributed by atoms with Crippen molar-refractivity contribution in [3.05, 3.63) is 59.3 Å². The molecule has 8 heteroatoms. The maximum absolute atomic E-state index is 12.7. The third kappa shape index (κ3) is 4.77. The fraction of sp³-hybridized carbons (Fsp3) is 0.158. The molecule has 0 unspecified atom stereocenters. The molecule has 0 aliphatic carbocycles. The van der Waals surface area contributed by atoms with Gasteiger partial charge in [-0.3, -0.25) is 15.0 Å². The second kappa shape index (κ2) is 9.25. The Morgan fingerprint density at radius 1 is 0.963 bits per heavy atom. The van der Waals surface area contributed by atoms with Crippen molar-refractivity contribution in [2.75, 3.05) is 21.3 Å². The summed E-state index contributed by atoms with van der Waals surface area (Å²) in [6.45, 7) is 0. The summed E-state index contributed by atoms with van der Waals surface area (Å²) in [5.74, 6) is 5.04. The van der Waals surface area contributed by atoms with Crippen LogP contribution in [0.15, 0.2) is 48.2 Å². The fourth-order valence-corrected chi connectivity index (χ4v) is 2.36. The van der Waals surface area contributed by atoms with Crippen molar-refractivity contribution in [1.29, 1.82) is 0 Å². The smallest absolute Gasteiger partial charge is 0.281 e. The molecule has 2 aromatic carbocycles. The van der Waals surface area contributed by atoms with Gasteiger partial charge in [-0.1, -0.05) is 30.3 Å². The molecule has 2 rings (SSSR count). The van der Waals surface area contributed by atoms with E-state index >= 15 is 0 Å². The van der Waals surface area contributed by atoms with E-state index in [1.165, 1.54) is 39.5 Å². The molecule has 4 N–H and O–H groups in total. The Morgan fingerprint density at radius 3 is 2.04 bits per heavy atom. The van der Waals surface area contributed by atoms with Gasteiger partial charge in [-0.25, -0.2) is 5.84 Å². The van der Waals surface area contributed by atoms with Crippen molar-refractivity contribution in [2.45, 2.75) is 0 Å². The van der Waals surface area contributed by atoms with Crippen molar-refractivity contribution < 1.29 is 23.8 Å². The lowest BCUT2D eigenvalue weighted by Crippen LogP contribution is -2.38. The topological polar surface area (TPSA) is 112 Å². The van der Waals surface area contributed by atoms with Crippen LogP contribution >= 0.6 is 0 Å². The van der Waals surface area contributed by atoms with Gasteiger partial charge in [0.15, 0.2) is 11.5 Å². The highest BCUT2D eigenvalue weighted by Crippen LogP contribution is 2.38. The van der Waals surface area contributed by atoms with E-state index in [-0.39, 0.29) is 11.3 Å². The Morgan fingerprint density at radius 2 is 1.56 bits per heavy atom. The minimum absolute atomic E-state index is 0.0116. The van der Waals surface area contributed by atoms with Crippen LogP contribution in [0, 0.1) is 0 Å². The van der Waals surface area contributed by atoms with Crippen molar-refractivity contribution in [1.82, 2.24) is 10.7 Å². The average molecular weight is 371 g/mol. The van der Waals surface area contributed by atoms with E-state index in [0.717, 1.165) is 5.56 Å². The van der Waals surface area contributed by atoms with Gasteiger partial charge in [-0.05, 0) is 23.8 Å². The number of hydrogen-bond acceptors (Lipinski definition) is 6. The number of nitrogens with one attached hydrogen (secondary N) is 2. The van der Waals surface area contributed by atoms with Crippen LogP contribution in [0.2, 0.25) is 0 Å². The molecular formula is C19H21N3O5. The van der Waals surface area contributed by atoms with Gasteiger partial charge in [0, 0.05) is 5.56 Å². The van der Waals surface area contributed by atoms with Crippen molar-refractivity contribution >= 4 is 17.9 Å². The van der Waals surface area contributed by atoms with E-state index in [4.69, 9.17) is 20.1 Å². The maximum atomic E-state index is 12.7. The number of amides is 2. The molecule has 0 saturated heterocycles. The number of methoxy groups -OCH3 is 3. The van der Waals surface area contributed by atoms with Gasteiger partial charge in [-0.15, -0.1) is 0 Å². The lowest BCUT2D eigenvalue weighted by Gasteiger charge is -2.14. The molecule has 8 nitrogen and oxygen atoms in total. The normalized spacial score (nSPS) is 10.7. The maximum Gasteiger partial charge on any atom is 0.281 e. The number of benzene rings is 2. The summed E-state index contributed by atoms with van der Waals surface area (Å²) >= 11 is 0. The molecule has 0 heterocycles. The van der Waals surface area contributed by atoms with Crippen molar-refractivity contribution in [3.8, 4) is 17.2 Å². The summed E-state index contributed by atoms with van der Waals surface area (Å²) in [4.78, 5) is 24.7. The van der Waals surface area contributed by atoms with Crippen molar-refractivity contribution in [3.63, 3.8) is 0 Å². The zero-order valence-electron chi connectivity index (χ0n) is 15.2. The van der Waals surface area contributed by atoms with Crippen LogP contribution in [-0.4, -0.2) is 33.1 Å². The first-order chi connectivity index (χ1) is 13.0. The van der Waals surface area contributed by atoms with Crippen LogP contribution in [-0.2, 0) is 4.79 Å². The summed E-state index contributed by atoms with van der Waals surface area (Å²) in [5, 5.41) is 2.55. The second-order valence-electron chi connectivity index (χ2n) is 5.31. The molecule has 0 atom stereocenters. The molecule has 27 heavy (non-hydrogen) atoms. The monoisotopic (exact) mass is 371 g/mol. The van der Waals surface area contributed by atoms with Crippen LogP contribution in [0.25, 0.3) is 6.08 Å². The number of nitrogens with two attached hydrogens (primary N) is 1. The van der Waals surface area contributed by atoms with E-state index in [9.17, 15) is 9.59 Å². The van der Waals surface area contributed by atoms with Gasteiger partial charge in [0.05, 0.1) is 21.3 Å². The first kappa shape index (κ1) is 19.8. The molecule has 0 saturated carbocycles. The lowest BCUT2D eigenvalue weighted by molar-refractivity contribution is -0.117. The van der Waals surface area contributed by atoms with Gasteiger partial charge < -0.3 is 19.5 Å². The molecule has 0 spiro atoms. The van der Waals surface area contributed by atoms with Crippen LogP contribution in [0.1, 0.15) is 15.9 Å². The molecule has 0 fully saturated rings. The van der Waals surface area contributed by atoms with Crippen LogP contribution in [0.5, 0.6) is 17.2 Å². The Hall–Kier alpha value is -3.52. The van der Waals surface area contributed by atoms with Gasteiger partial charge in [0.2, 0.25) is 5.75 Å². The largest absolute Gasteiger partial charge is 0.493 e. The first-order valence-corrected chi connectivity index (χ1v) is 7.93. The Balaban J connectivity index is 2.38. The minimum atomic E-state index is -0.639. The zero-order valence-corrected chi connectivity index (χ0v) is 15.2. The molecule has 142 valence electrons. The van der Waals surface area contributed by atoms with Gasteiger partial charge >= 0.3 is 0 Å². The number of hydrogen-bond donors (Lipinski definition) is 3. The van der Waals surface area contributed by atoms with Crippen LogP contribution in [0.4, 0.5) is 0 Å². The number of carbonyl (C=O) groups is 2. The van der Waals surface area contributed by atoms with Crippen LogP contribution in [0.3, 0.4) is 0 Å². The molecule has 0 bridgehead atoms. The molecule has 0 radical (unpaired) electrons. The third-order valence-corrected chi connectivity index (χ3v) is 3.66. The Labute approximate surface area is 156 Å². The van der Waals surface area contributed by atoms with Gasteiger partial charge in [0.25, 0.3) is 11.8 Å². The summed E-state index contributed by atoms with van der Waals surface area (Å²) in [7, 11) is 4.36. The highest BCUT2D eigenvalue weighted by atomic mass is 16.5.